The molecule has 1 aliphatic carbocycles. The van der Waals surface area contributed by atoms with Crippen LogP contribution in [0.1, 0.15) is 48.0 Å². The smallest absolute Gasteiger partial charge is 0.140 e. The maximum Gasteiger partial charge on any atom is 0.140 e. The number of aromatic nitrogens is 2. The minimum absolute atomic E-state index is 0.652. The normalized spacial score (nSPS) is 27.2. The van der Waals surface area contributed by atoms with Crippen LogP contribution in [0.3, 0.4) is 0 Å². The molecule has 4 aliphatic rings. The van der Waals surface area contributed by atoms with Crippen LogP contribution in [0.4, 0.5) is 0 Å². The van der Waals surface area contributed by atoms with Crippen molar-refractivity contribution >= 4 is 0 Å². The number of aryl methyl sites for hydroxylation is 1. The van der Waals surface area contributed by atoms with Crippen molar-refractivity contribution in [2.45, 2.75) is 57.3 Å². The summed E-state index contributed by atoms with van der Waals surface area (Å²) in [6.07, 6.45) is 3.86. The number of piperazine rings is 1. The Morgan fingerprint density at radius 1 is 1.12 bits per heavy atom. The van der Waals surface area contributed by atoms with Crippen molar-refractivity contribution in [1.29, 1.82) is 0 Å². The molecule has 0 aromatic carbocycles. The molecule has 2 aromatic heterocycles. The predicted molar refractivity (Wildman–Crippen MR) is 90.5 cm³/mol. The zero-order valence-electron chi connectivity index (χ0n) is 14.2. The van der Waals surface area contributed by atoms with E-state index < -0.39 is 0 Å². The average Bonchev–Trinajstić information content (AvgIpc) is 3.32. The molecule has 3 saturated heterocycles. The van der Waals surface area contributed by atoms with Crippen molar-refractivity contribution in [2.75, 3.05) is 13.1 Å². The summed E-state index contributed by atoms with van der Waals surface area (Å²) in [6, 6.07) is 9.81. The van der Waals surface area contributed by atoms with E-state index >= 15 is 0 Å². The number of hydrogen-bond acceptors (Lipinski definition) is 5. The molecular formula is C19H24N4O. The first-order chi connectivity index (χ1) is 11.7. The Balaban J connectivity index is 1.19. The summed E-state index contributed by atoms with van der Waals surface area (Å²) in [7, 11) is 0. The van der Waals surface area contributed by atoms with E-state index in [9.17, 15) is 0 Å². The second-order valence-electron chi connectivity index (χ2n) is 7.67. The van der Waals surface area contributed by atoms with Crippen LogP contribution in [0.2, 0.25) is 0 Å². The van der Waals surface area contributed by atoms with Gasteiger partial charge in [0.2, 0.25) is 0 Å². The lowest BCUT2D eigenvalue weighted by Gasteiger charge is -2.56. The van der Waals surface area contributed by atoms with Gasteiger partial charge in [0.05, 0.1) is 11.4 Å². The van der Waals surface area contributed by atoms with Crippen molar-refractivity contribution in [2.24, 2.45) is 0 Å². The molecule has 1 saturated carbocycles. The van der Waals surface area contributed by atoms with Crippen molar-refractivity contribution in [1.82, 2.24) is 19.9 Å². The first-order valence-electron chi connectivity index (χ1n) is 9.11. The number of nitrogens with zero attached hydrogens (tertiary/aromatic N) is 4. The fourth-order valence-corrected chi connectivity index (χ4v) is 4.23. The van der Waals surface area contributed by atoms with Crippen LogP contribution in [0.25, 0.3) is 0 Å². The summed E-state index contributed by atoms with van der Waals surface area (Å²) in [5.41, 5.74) is 3.41. The lowest BCUT2D eigenvalue weighted by Crippen LogP contribution is -2.67. The van der Waals surface area contributed by atoms with Crippen molar-refractivity contribution in [3.63, 3.8) is 0 Å². The second kappa shape index (κ2) is 5.67. The summed E-state index contributed by atoms with van der Waals surface area (Å²) in [5.74, 6) is 1.75. The number of rotatable bonds is 5. The molecule has 5 heteroatoms. The van der Waals surface area contributed by atoms with Gasteiger partial charge in [0, 0.05) is 55.9 Å². The third-order valence-electron chi connectivity index (χ3n) is 5.65. The van der Waals surface area contributed by atoms with E-state index in [-0.39, 0.29) is 0 Å². The molecule has 5 heterocycles. The molecule has 0 N–H and O–H groups in total. The van der Waals surface area contributed by atoms with Gasteiger partial charge in [0.15, 0.2) is 0 Å². The van der Waals surface area contributed by atoms with Crippen LogP contribution in [0.5, 0.6) is 0 Å². The molecule has 126 valence electrons. The number of fused-ring (bicyclic) bond motifs is 2. The lowest BCUT2D eigenvalue weighted by atomic mass is 9.87. The third-order valence-corrected chi connectivity index (χ3v) is 5.65. The van der Waals surface area contributed by atoms with Gasteiger partial charge in [-0.2, -0.15) is 0 Å². The highest BCUT2D eigenvalue weighted by Gasteiger charge is 2.44. The van der Waals surface area contributed by atoms with Crippen LogP contribution in [-0.4, -0.2) is 45.1 Å². The van der Waals surface area contributed by atoms with Crippen LogP contribution in [0, 0.1) is 6.92 Å². The van der Waals surface area contributed by atoms with Gasteiger partial charge in [0.1, 0.15) is 5.76 Å². The first kappa shape index (κ1) is 14.6. The maximum atomic E-state index is 5.50. The standard InChI is InChI=1S/C19H24N4O/c1-13-3-2-4-15(20-13)9-22-11-17-8-18(12-22)23(17)10-16-7-19(24-21-16)14-5-6-14/h2-4,7,14,17-18H,5-6,8-12H2,1H3. The topological polar surface area (TPSA) is 45.4 Å². The zero-order valence-corrected chi connectivity index (χ0v) is 14.2. The van der Waals surface area contributed by atoms with Gasteiger partial charge in [-0.05, 0) is 38.3 Å². The molecule has 5 nitrogen and oxygen atoms in total. The molecule has 2 bridgehead atoms. The number of pyridine rings is 1. The fourth-order valence-electron chi connectivity index (χ4n) is 4.23. The van der Waals surface area contributed by atoms with Gasteiger partial charge in [-0.1, -0.05) is 11.2 Å². The van der Waals surface area contributed by atoms with E-state index in [0.717, 1.165) is 43.3 Å². The number of piperidine rings is 1. The molecule has 2 atom stereocenters. The average molecular weight is 324 g/mol. The molecule has 0 spiro atoms. The largest absolute Gasteiger partial charge is 0.361 e. The summed E-state index contributed by atoms with van der Waals surface area (Å²) in [6.45, 7) is 6.26. The first-order valence-corrected chi connectivity index (χ1v) is 9.11. The Bertz CT molecular complexity index is 726. The Hall–Kier alpha value is -1.72. The highest BCUT2D eigenvalue weighted by Crippen LogP contribution is 2.41. The summed E-state index contributed by atoms with van der Waals surface area (Å²) in [4.78, 5) is 9.80. The summed E-state index contributed by atoms with van der Waals surface area (Å²) in [5, 5.41) is 4.28. The molecule has 2 unspecified atom stereocenters. The van der Waals surface area contributed by atoms with E-state index in [0.29, 0.717) is 18.0 Å². The molecular weight excluding hydrogens is 300 g/mol. The minimum Gasteiger partial charge on any atom is -0.361 e. The van der Waals surface area contributed by atoms with Gasteiger partial charge in [-0.15, -0.1) is 0 Å². The monoisotopic (exact) mass is 324 g/mol. The molecule has 3 aliphatic heterocycles. The molecule has 24 heavy (non-hydrogen) atoms. The van der Waals surface area contributed by atoms with Crippen LogP contribution in [-0.2, 0) is 13.1 Å². The highest BCUT2D eigenvalue weighted by molar-refractivity contribution is 5.16. The molecule has 4 fully saturated rings. The Morgan fingerprint density at radius 2 is 1.96 bits per heavy atom. The van der Waals surface area contributed by atoms with E-state index in [1.807, 2.05) is 0 Å². The Morgan fingerprint density at radius 3 is 2.71 bits per heavy atom. The van der Waals surface area contributed by atoms with Gasteiger partial charge in [0.25, 0.3) is 0 Å². The summed E-state index contributed by atoms with van der Waals surface area (Å²) >= 11 is 0. The van der Waals surface area contributed by atoms with E-state index in [1.54, 1.807) is 0 Å². The van der Waals surface area contributed by atoms with E-state index in [1.165, 1.54) is 25.0 Å². The molecule has 0 amide bonds. The maximum absolute atomic E-state index is 5.50. The van der Waals surface area contributed by atoms with Gasteiger partial charge in [-0.3, -0.25) is 14.8 Å². The van der Waals surface area contributed by atoms with Crippen LogP contribution < -0.4 is 0 Å². The Labute approximate surface area is 142 Å². The summed E-state index contributed by atoms with van der Waals surface area (Å²) < 4.78 is 5.50. The van der Waals surface area contributed by atoms with Gasteiger partial charge in [-0.25, -0.2) is 0 Å². The van der Waals surface area contributed by atoms with Crippen molar-refractivity contribution in [3.8, 4) is 0 Å². The Kier molecular flexibility index (Phi) is 3.45. The number of hydrogen-bond donors (Lipinski definition) is 0. The zero-order chi connectivity index (χ0) is 16.1. The lowest BCUT2D eigenvalue weighted by molar-refractivity contribution is -0.0787. The van der Waals surface area contributed by atoms with E-state index in [2.05, 4.69) is 51.1 Å². The molecule has 2 aromatic rings. The second-order valence-corrected chi connectivity index (χ2v) is 7.67. The third kappa shape index (κ3) is 2.76. The minimum atomic E-state index is 0.652. The van der Waals surface area contributed by atoms with Crippen LogP contribution in [0.15, 0.2) is 28.8 Å². The van der Waals surface area contributed by atoms with Crippen LogP contribution >= 0.6 is 0 Å². The van der Waals surface area contributed by atoms with Crippen molar-refractivity contribution in [3.05, 3.63) is 47.1 Å². The molecule has 6 rings (SSSR count). The van der Waals surface area contributed by atoms with Crippen molar-refractivity contribution < 1.29 is 4.52 Å². The fraction of sp³-hybridized carbons (Fsp3) is 0.579. The predicted octanol–water partition coefficient (Wildman–Crippen LogP) is 2.71. The van der Waals surface area contributed by atoms with Gasteiger partial charge >= 0.3 is 0 Å². The molecule has 0 radical (unpaired) electrons. The quantitative estimate of drug-likeness (QED) is 0.846. The van der Waals surface area contributed by atoms with E-state index in [4.69, 9.17) is 4.52 Å². The highest BCUT2D eigenvalue weighted by atomic mass is 16.5. The SMILES string of the molecule is Cc1cccc(CN2CC3CC(C2)N3Cc2cc(C3CC3)on2)n1. The van der Waals surface area contributed by atoms with Gasteiger partial charge < -0.3 is 4.52 Å².